The van der Waals surface area contributed by atoms with Crippen LogP contribution in [0, 0.1) is 34.9 Å². The van der Waals surface area contributed by atoms with Crippen LogP contribution in [-0.2, 0) is 14.3 Å². The summed E-state index contributed by atoms with van der Waals surface area (Å²) in [6, 6.07) is 1.43. The summed E-state index contributed by atoms with van der Waals surface area (Å²) in [6.07, 6.45) is -0.0820. The second kappa shape index (κ2) is 10.3. The first kappa shape index (κ1) is 24.9. The fourth-order valence-electron chi connectivity index (χ4n) is 2.43. The maximum absolute atomic E-state index is 14.3. The van der Waals surface area contributed by atoms with Crippen LogP contribution in [0.2, 0.25) is 5.02 Å². The van der Waals surface area contributed by atoms with Crippen LogP contribution in [-0.4, -0.2) is 30.8 Å². The van der Waals surface area contributed by atoms with E-state index >= 15 is 0 Å². The molecule has 0 aliphatic heterocycles. The van der Waals surface area contributed by atoms with E-state index in [4.69, 9.17) is 11.6 Å². The molecule has 0 aliphatic carbocycles. The SMILES string of the molecule is COC(=O)CCNC(=O)C(C)Sc1cc(-c2c(F)c(F)c(F)c(F)c2F)c(F)cc1Cl. The molecule has 0 heterocycles. The fraction of sp³-hybridized carbons (Fsp3) is 0.263. The molecule has 0 spiro atoms. The highest BCUT2D eigenvalue weighted by Gasteiger charge is 2.29. The lowest BCUT2D eigenvalue weighted by Gasteiger charge is -2.15. The molecule has 31 heavy (non-hydrogen) atoms. The van der Waals surface area contributed by atoms with Gasteiger partial charge in [-0.25, -0.2) is 26.3 Å². The molecule has 168 valence electrons. The van der Waals surface area contributed by atoms with Gasteiger partial charge in [0, 0.05) is 17.0 Å². The minimum atomic E-state index is -2.38. The fourth-order valence-corrected chi connectivity index (χ4v) is 3.64. The summed E-state index contributed by atoms with van der Waals surface area (Å²) in [5, 5.41) is 1.33. The number of methoxy groups -OCH3 is 1. The number of ether oxygens (including phenoxy) is 1. The van der Waals surface area contributed by atoms with Crippen molar-refractivity contribution in [2.24, 2.45) is 0 Å². The first-order valence-electron chi connectivity index (χ1n) is 8.51. The van der Waals surface area contributed by atoms with Gasteiger partial charge in [-0.05, 0) is 19.1 Å². The molecule has 1 unspecified atom stereocenters. The Balaban J connectivity index is 2.35. The van der Waals surface area contributed by atoms with Gasteiger partial charge in [0.05, 0.1) is 29.4 Å². The lowest BCUT2D eigenvalue weighted by molar-refractivity contribution is -0.140. The van der Waals surface area contributed by atoms with E-state index in [0.29, 0.717) is 6.07 Å². The molecule has 2 aromatic carbocycles. The van der Waals surface area contributed by atoms with Crippen LogP contribution >= 0.6 is 23.4 Å². The molecule has 1 atom stereocenters. The molecule has 12 heteroatoms. The number of nitrogens with one attached hydrogen (secondary N) is 1. The summed E-state index contributed by atoms with van der Waals surface area (Å²) in [5.41, 5.74) is -2.37. The third-order valence-corrected chi connectivity index (χ3v) is 5.61. The summed E-state index contributed by atoms with van der Waals surface area (Å²) in [6.45, 7) is 1.40. The number of thioether (sulfide) groups is 1. The summed E-state index contributed by atoms with van der Waals surface area (Å²) >= 11 is 6.67. The van der Waals surface area contributed by atoms with E-state index in [2.05, 4.69) is 10.1 Å². The average molecular weight is 486 g/mol. The van der Waals surface area contributed by atoms with Gasteiger partial charge in [-0.3, -0.25) is 9.59 Å². The van der Waals surface area contributed by atoms with Gasteiger partial charge in [0.25, 0.3) is 0 Å². The molecule has 0 aliphatic rings. The van der Waals surface area contributed by atoms with E-state index in [1.807, 2.05) is 0 Å². The van der Waals surface area contributed by atoms with Crippen LogP contribution in [0.4, 0.5) is 26.3 Å². The zero-order chi connectivity index (χ0) is 23.5. The molecule has 0 radical (unpaired) electrons. The van der Waals surface area contributed by atoms with Crippen molar-refractivity contribution in [1.82, 2.24) is 5.32 Å². The number of esters is 1. The maximum Gasteiger partial charge on any atom is 0.307 e. The predicted molar refractivity (Wildman–Crippen MR) is 102 cm³/mol. The smallest absolute Gasteiger partial charge is 0.307 e. The highest BCUT2D eigenvalue weighted by Crippen LogP contribution is 2.39. The van der Waals surface area contributed by atoms with Crippen LogP contribution in [0.5, 0.6) is 0 Å². The van der Waals surface area contributed by atoms with Crippen molar-refractivity contribution in [3.63, 3.8) is 0 Å². The van der Waals surface area contributed by atoms with E-state index in [9.17, 15) is 35.9 Å². The van der Waals surface area contributed by atoms with E-state index in [-0.39, 0.29) is 22.9 Å². The molecule has 0 saturated heterocycles. The summed E-state index contributed by atoms with van der Waals surface area (Å²) < 4.78 is 87.2. The molecule has 1 N–H and O–H groups in total. The van der Waals surface area contributed by atoms with Crippen LogP contribution in [0.25, 0.3) is 11.1 Å². The maximum atomic E-state index is 14.3. The predicted octanol–water partition coefficient (Wildman–Crippen LogP) is 5.00. The van der Waals surface area contributed by atoms with Gasteiger partial charge < -0.3 is 10.1 Å². The Morgan fingerprint density at radius 2 is 1.58 bits per heavy atom. The lowest BCUT2D eigenvalue weighted by Crippen LogP contribution is -2.32. The van der Waals surface area contributed by atoms with Gasteiger partial charge >= 0.3 is 5.97 Å². The van der Waals surface area contributed by atoms with Crippen LogP contribution in [0.3, 0.4) is 0 Å². The van der Waals surface area contributed by atoms with Crippen molar-refractivity contribution in [3.05, 3.63) is 52.1 Å². The standard InChI is InChI=1S/C19H14ClF6NO3S/c1-7(19(29)27-4-3-12(28)30-2)31-11-5-8(10(21)6-9(11)20)13-14(22)16(24)18(26)17(25)15(13)23/h5-7H,3-4H2,1-2H3,(H,27,29). The Morgan fingerprint density at radius 1 is 1.03 bits per heavy atom. The van der Waals surface area contributed by atoms with Crippen molar-refractivity contribution < 1.29 is 40.7 Å². The highest BCUT2D eigenvalue weighted by molar-refractivity contribution is 8.00. The molecule has 0 fully saturated rings. The Kier molecular flexibility index (Phi) is 8.24. The van der Waals surface area contributed by atoms with E-state index in [1.54, 1.807) is 0 Å². The number of amides is 1. The second-order valence-corrected chi connectivity index (χ2v) is 7.87. The Morgan fingerprint density at radius 3 is 2.13 bits per heavy atom. The zero-order valence-corrected chi connectivity index (χ0v) is 17.5. The summed E-state index contributed by atoms with van der Waals surface area (Å²) in [5.74, 6) is -13.7. The normalized spacial score (nSPS) is 11.9. The molecular formula is C19H14ClF6NO3S. The minimum Gasteiger partial charge on any atom is -0.469 e. The largest absolute Gasteiger partial charge is 0.469 e. The molecule has 2 rings (SSSR count). The van der Waals surface area contributed by atoms with E-state index in [1.165, 1.54) is 14.0 Å². The summed E-state index contributed by atoms with van der Waals surface area (Å²) in [7, 11) is 1.18. The monoisotopic (exact) mass is 485 g/mol. The van der Waals surface area contributed by atoms with Crippen molar-refractivity contribution >= 4 is 35.2 Å². The highest BCUT2D eigenvalue weighted by atomic mass is 35.5. The number of halogens is 7. The van der Waals surface area contributed by atoms with Crippen molar-refractivity contribution in [2.75, 3.05) is 13.7 Å². The van der Waals surface area contributed by atoms with Gasteiger partial charge in [0.1, 0.15) is 5.82 Å². The Bertz CT molecular complexity index is 1010. The van der Waals surface area contributed by atoms with Crippen LogP contribution in [0.15, 0.2) is 17.0 Å². The first-order chi connectivity index (χ1) is 14.5. The van der Waals surface area contributed by atoms with Gasteiger partial charge in [0.2, 0.25) is 11.7 Å². The quantitative estimate of drug-likeness (QED) is 0.197. The summed E-state index contributed by atoms with van der Waals surface area (Å²) in [4.78, 5) is 23.1. The number of carbonyl (C=O) groups excluding carboxylic acids is 2. The molecule has 2 aromatic rings. The number of carbonyl (C=O) groups is 2. The molecule has 0 bridgehead atoms. The second-order valence-electron chi connectivity index (χ2n) is 6.08. The number of hydrogen-bond donors (Lipinski definition) is 1. The van der Waals surface area contributed by atoms with Crippen molar-refractivity contribution in [1.29, 1.82) is 0 Å². The number of benzene rings is 2. The Hall–Kier alpha value is -2.40. The van der Waals surface area contributed by atoms with Crippen LogP contribution < -0.4 is 5.32 Å². The van der Waals surface area contributed by atoms with E-state index < -0.39 is 63.2 Å². The Labute approximate surface area is 181 Å². The van der Waals surface area contributed by atoms with Crippen molar-refractivity contribution in [2.45, 2.75) is 23.5 Å². The van der Waals surface area contributed by atoms with E-state index in [0.717, 1.165) is 17.8 Å². The number of rotatable bonds is 7. The van der Waals surface area contributed by atoms with Crippen molar-refractivity contribution in [3.8, 4) is 11.1 Å². The molecule has 4 nitrogen and oxygen atoms in total. The molecule has 0 aromatic heterocycles. The van der Waals surface area contributed by atoms with Gasteiger partial charge in [-0.2, -0.15) is 0 Å². The number of hydrogen-bond acceptors (Lipinski definition) is 4. The third-order valence-electron chi connectivity index (χ3n) is 4.03. The average Bonchev–Trinajstić information content (AvgIpc) is 2.73. The van der Waals surface area contributed by atoms with Gasteiger partial charge in [-0.1, -0.05) is 11.6 Å². The van der Waals surface area contributed by atoms with Gasteiger partial charge in [0.15, 0.2) is 23.3 Å². The molecule has 0 saturated carbocycles. The third kappa shape index (κ3) is 5.45. The topological polar surface area (TPSA) is 55.4 Å². The lowest BCUT2D eigenvalue weighted by atomic mass is 10.0. The van der Waals surface area contributed by atoms with Gasteiger partial charge in [-0.15, -0.1) is 11.8 Å². The van der Waals surface area contributed by atoms with Crippen LogP contribution in [0.1, 0.15) is 13.3 Å². The molecular weight excluding hydrogens is 472 g/mol. The first-order valence-corrected chi connectivity index (χ1v) is 9.77. The molecule has 1 amide bonds. The zero-order valence-electron chi connectivity index (χ0n) is 15.9. The minimum absolute atomic E-state index is 0.0244.